The quantitative estimate of drug-likeness (QED) is 0.739. The lowest BCUT2D eigenvalue weighted by molar-refractivity contribution is -0.142. The largest absolute Gasteiger partial charge is 0.482 e. The summed E-state index contributed by atoms with van der Waals surface area (Å²) in [4.78, 5) is 11.1. The third-order valence-corrected chi connectivity index (χ3v) is 4.40. The molecular weight excluding hydrogens is 294 g/mol. The number of hydrogen-bond donors (Lipinski definition) is 1. The zero-order valence-corrected chi connectivity index (χ0v) is 13.3. The van der Waals surface area contributed by atoms with Crippen LogP contribution in [0.4, 0.5) is 0 Å². The second-order valence-corrected chi connectivity index (χ2v) is 6.36. The van der Waals surface area contributed by atoms with E-state index in [1.54, 1.807) is 0 Å². The lowest BCUT2D eigenvalue weighted by atomic mass is 10.2. The SMILES string of the molecule is CCC[C@@H](C)NS(=O)(=O)c1ccc(OCC(=O)OC)cc1. The van der Waals surface area contributed by atoms with Crippen LogP contribution < -0.4 is 9.46 Å². The molecule has 0 saturated carbocycles. The Labute approximate surface area is 125 Å². The van der Waals surface area contributed by atoms with Gasteiger partial charge in [0.2, 0.25) is 10.0 Å². The number of carbonyl (C=O) groups excluding carboxylic acids is 1. The lowest BCUT2D eigenvalue weighted by Crippen LogP contribution is -2.32. The molecule has 0 bridgehead atoms. The summed E-state index contributed by atoms with van der Waals surface area (Å²) in [6.45, 7) is 3.61. The van der Waals surface area contributed by atoms with E-state index in [2.05, 4.69) is 9.46 Å². The maximum atomic E-state index is 12.1. The smallest absolute Gasteiger partial charge is 0.343 e. The standard InChI is InChI=1S/C14H21NO5S/c1-4-5-11(2)15-21(17,18)13-8-6-12(7-9-13)20-10-14(16)19-3/h6-9,11,15H,4-5,10H2,1-3H3/t11-/m1/s1. The van der Waals surface area contributed by atoms with Crippen molar-refractivity contribution in [3.63, 3.8) is 0 Å². The van der Waals surface area contributed by atoms with Crippen LogP contribution in [0.3, 0.4) is 0 Å². The molecule has 0 fully saturated rings. The van der Waals surface area contributed by atoms with E-state index in [1.807, 2.05) is 13.8 Å². The van der Waals surface area contributed by atoms with E-state index in [0.717, 1.165) is 12.8 Å². The van der Waals surface area contributed by atoms with Crippen molar-refractivity contribution in [2.75, 3.05) is 13.7 Å². The Kier molecular flexibility index (Phi) is 6.64. The summed E-state index contributed by atoms with van der Waals surface area (Å²) in [6.07, 6.45) is 1.68. The fraction of sp³-hybridized carbons (Fsp3) is 0.500. The molecule has 0 heterocycles. The van der Waals surface area contributed by atoms with Crippen molar-refractivity contribution in [3.05, 3.63) is 24.3 Å². The van der Waals surface area contributed by atoms with E-state index < -0.39 is 16.0 Å². The van der Waals surface area contributed by atoms with E-state index in [1.165, 1.54) is 31.4 Å². The Balaban J connectivity index is 2.70. The molecule has 0 aliphatic carbocycles. The molecule has 1 N–H and O–H groups in total. The number of ether oxygens (including phenoxy) is 2. The number of nitrogens with one attached hydrogen (secondary N) is 1. The van der Waals surface area contributed by atoms with Crippen molar-refractivity contribution in [2.45, 2.75) is 37.6 Å². The summed E-state index contributed by atoms with van der Waals surface area (Å²) < 4.78 is 36.4. The van der Waals surface area contributed by atoms with Gasteiger partial charge in [-0.25, -0.2) is 17.9 Å². The van der Waals surface area contributed by atoms with Gasteiger partial charge < -0.3 is 9.47 Å². The highest BCUT2D eigenvalue weighted by molar-refractivity contribution is 7.89. The van der Waals surface area contributed by atoms with E-state index in [4.69, 9.17) is 4.74 Å². The van der Waals surface area contributed by atoms with Gasteiger partial charge in [-0.1, -0.05) is 13.3 Å². The molecule has 0 aromatic heterocycles. The minimum absolute atomic E-state index is 0.116. The minimum atomic E-state index is -3.53. The summed E-state index contributed by atoms with van der Waals surface area (Å²) in [5, 5.41) is 0. The van der Waals surface area contributed by atoms with Crippen LogP contribution in [0.2, 0.25) is 0 Å². The highest BCUT2D eigenvalue weighted by Crippen LogP contribution is 2.16. The second-order valence-electron chi connectivity index (χ2n) is 4.65. The number of sulfonamides is 1. The summed E-state index contributed by atoms with van der Waals surface area (Å²) in [5.41, 5.74) is 0. The number of rotatable bonds is 8. The molecule has 21 heavy (non-hydrogen) atoms. The van der Waals surface area contributed by atoms with Gasteiger partial charge >= 0.3 is 5.97 Å². The topological polar surface area (TPSA) is 81.7 Å². The monoisotopic (exact) mass is 315 g/mol. The van der Waals surface area contributed by atoms with Gasteiger partial charge in [-0.2, -0.15) is 0 Å². The van der Waals surface area contributed by atoms with Gasteiger partial charge in [0.05, 0.1) is 12.0 Å². The van der Waals surface area contributed by atoms with Crippen LogP contribution in [0.25, 0.3) is 0 Å². The first-order chi connectivity index (χ1) is 9.89. The third-order valence-electron chi connectivity index (χ3n) is 2.80. The van der Waals surface area contributed by atoms with Gasteiger partial charge in [0.1, 0.15) is 5.75 Å². The fourth-order valence-corrected chi connectivity index (χ4v) is 3.02. The highest BCUT2D eigenvalue weighted by atomic mass is 32.2. The zero-order chi connectivity index (χ0) is 15.9. The van der Waals surface area contributed by atoms with Gasteiger partial charge in [-0.05, 0) is 37.6 Å². The number of benzene rings is 1. The molecule has 0 spiro atoms. The van der Waals surface area contributed by atoms with E-state index in [9.17, 15) is 13.2 Å². The first-order valence-electron chi connectivity index (χ1n) is 6.71. The predicted octanol–water partition coefficient (Wildman–Crippen LogP) is 1.71. The van der Waals surface area contributed by atoms with Gasteiger partial charge in [-0.15, -0.1) is 0 Å². The summed E-state index contributed by atoms with van der Waals surface area (Å²) in [5.74, 6) is -0.0947. The minimum Gasteiger partial charge on any atom is -0.482 e. The van der Waals surface area contributed by atoms with Crippen LogP contribution in [0.15, 0.2) is 29.2 Å². The molecule has 0 unspecified atom stereocenters. The number of carbonyl (C=O) groups is 1. The zero-order valence-electron chi connectivity index (χ0n) is 12.5. The second kappa shape index (κ2) is 7.99. The molecule has 0 aliphatic heterocycles. The van der Waals surface area contributed by atoms with E-state index >= 15 is 0 Å². The fourth-order valence-electron chi connectivity index (χ4n) is 1.74. The van der Waals surface area contributed by atoms with E-state index in [-0.39, 0.29) is 17.5 Å². The van der Waals surface area contributed by atoms with Crippen LogP contribution >= 0.6 is 0 Å². The Morgan fingerprint density at radius 3 is 2.43 bits per heavy atom. The van der Waals surface area contributed by atoms with Crippen molar-refractivity contribution in [3.8, 4) is 5.75 Å². The van der Waals surface area contributed by atoms with Crippen molar-refractivity contribution in [2.24, 2.45) is 0 Å². The first-order valence-corrected chi connectivity index (χ1v) is 8.19. The average Bonchev–Trinajstić information content (AvgIpc) is 2.44. The van der Waals surface area contributed by atoms with Crippen molar-refractivity contribution < 1.29 is 22.7 Å². The molecule has 0 amide bonds. The highest BCUT2D eigenvalue weighted by Gasteiger charge is 2.16. The first kappa shape index (κ1) is 17.5. The third kappa shape index (κ3) is 5.73. The molecule has 0 radical (unpaired) electrons. The Morgan fingerprint density at radius 2 is 1.90 bits per heavy atom. The van der Waals surface area contributed by atoms with Crippen LogP contribution in [0, 0.1) is 0 Å². The predicted molar refractivity (Wildman–Crippen MR) is 78.6 cm³/mol. The van der Waals surface area contributed by atoms with Gasteiger partial charge in [-0.3, -0.25) is 0 Å². The Bertz CT molecular complexity index is 553. The number of methoxy groups -OCH3 is 1. The van der Waals surface area contributed by atoms with Gasteiger partial charge in [0, 0.05) is 6.04 Å². The molecule has 1 aromatic rings. The molecular formula is C14H21NO5S. The summed E-state index contributed by atoms with van der Waals surface area (Å²) in [6, 6.07) is 5.76. The maximum Gasteiger partial charge on any atom is 0.343 e. The summed E-state index contributed by atoms with van der Waals surface area (Å²) in [7, 11) is -2.26. The van der Waals surface area contributed by atoms with Crippen LogP contribution in [0.5, 0.6) is 5.75 Å². The normalized spacial score (nSPS) is 12.7. The van der Waals surface area contributed by atoms with Crippen molar-refractivity contribution >= 4 is 16.0 Å². The molecule has 7 heteroatoms. The lowest BCUT2D eigenvalue weighted by Gasteiger charge is -2.13. The molecule has 1 rings (SSSR count). The average molecular weight is 315 g/mol. The van der Waals surface area contributed by atoms with Crippen molar-refractivity contribution in [1.29, 1.82) is 0 Å². The molecule has 0 aliphatic rings. The maximum absolute atomic E-state index is 12.1. The van der Waals surface area contributed by atoms with Crippen LogP contribution in [0.1, 0.15) is 26.7 Å². The Hall–Kier alpha value is -1.60. The van der Waals surface area contributed by atoms with Crippen molar-refractivity contribution in [1.82, 2.24) is 4.72 Å². The van der Waals surface area contributed by atoms with Crippen LogP contribution in [-0.4, -0.2) is 34.1 Å². The Morgan fingerprint density at radius 1 is 1.29 bits per heavy atom. The number of hydrogen-bond acceptors (Lipinski definition) is 5. The molecule has 6 nitrogen and oxygen atoms in total. The molecule has 0 saturated heterocycles. The van der Waals surface area contributed by atoms with Crippen LogP contribution in [-0.2, 0) is 19.6 Å². The summed E-state index contributed by atoms with van der Waals surface area (Å²) >= 11 is 0. The number of esters is 1. The molecule has 118 valence electrons. The van der Waals surface area contributed by atoms with Gasteiger partial charge in [0.25, 0.3) is 0 Å². The van der Waals surface area contributed by atoms with E-state index in [0.29, 0.717) is 5.75 Å². The van der Waals surface area contributed by atoms with Gasteiger partial charge in [0.15, 0.2) is 6.61 Å². The molecule has 1 aromatic carbocycles. The molecule has 1 atom stereocenters.